The van der Waals surface area contributed by atoms with E-state index in [9.17, 15) is 5.11 Å². The highest BCUT2D eigenvalue weighted by Gasteiger charge is 2.07. The van der Waals surface area contributed by atoms with Crippen molar-refractivity contribution in [1.82, 2.24) is 10.6 Å². The summed E-state index contributed by atoms with van der Waals surface area (Å²) in [6.07, 6.45) is 1.26. The first-order valence-electron chi connectivity index (χ1n) is 8.53. The van der Waals surface area contributed by atoms with Crippen molar-refractivity contribution in [2.24, 2.45) is 4.99 Å². The number of thiophene rings is 1. The zero-order valence-electron chi connectivity index (χ0n) is 14.5. The average molecular weight is 346 g/mol. The molecule has 0 aliphatic heterocycles. The van der Waals surface area contributed by atoms with Gasteiger partial charge in [-0.2, -0.15) is 0 Å². The van der Waals surface area contributed by atoms with Crippen LogP contribution in [0.15, 0.2) is 47.5 Å². The van der Waals surface area contributed by atoms with Gasteiger partial charge in [0, 0.05) is 29.3 Å². The number of aryl methyl sites for hydroxylation is 1. The Hall–Kier alpha value is -1.85. The van der Waals surface area contributed by atoms with Crippen molar-refractivity contribution in [3.05, 3.63) is 57.8 Å². The van der Waals surface area contributed by atoms with Crippen molar-refractivity contribution in [3.8, 4) is 0 Å². The van der Waals surface area contributed by atoms with Crippen molar-refractivity contribution in [2.45, 2.75) is 39.3 Å². The molecule has 0 fully saturated rings. The Morgan fingerprint density at radius 2 is 1.83 bits per heavy atom. The summed E-state index contributed by atoms with van der Waals surface area (Å²) < 4.78 is 0. The molecule has 1 aromatic heterocycles. The molecule has 4 nitrogen and oxygen atoms in total. The molecule has 0 spiro atoms. The van der Waals surface area contributed by atoms with Crippen LogP contribution in [-0.4, -0.2) is 30.3 Å². The second-order valence-electron chi connectivity index (χ2n) is 5.64. The maximum Gasteiger partial charge on any atom is 0.191 e. The molecule has 130 valence electrons. The van der Waals surface area contributed by atoms with Crippen LogP contribution in [0, 0.1) is 0 Å². The van der Waals surface area contributed by atoms with Crippen LogP contribution in [0.3, 0.4) is 0 Å². The number of hydrogen-bond acceptors (Lipinski definition) is 3. The van der Waals surface area contributed by atoms with E-state index < -0.39 is 6.10 Å². The van der Waals surface area contributed by atoms with E-state index in [0.29, 0.717) is 19.5 Å². The zero-order chi connectivity index (χ0) is 17.2. The summed E-state index contributed by atoms with van der Waals surface area (Å²) in [5.74, 6) is 0.746. The predicted octanol–water partition coefficient (Wildman–Crippen LogP) is 2.97. The van der Waals surface area contributed by atoms with Crippen LogP contribution in [0.1, 0.15) is 29.2 Å². The second kappa shape index (κ2) is 10.1. The number of aliphatic imine (C=N–C) groups is 1. The van der Waals surface area contributed by atoms with Gasteiger partial charge in [-0.1, -0.05) is 37.3 Å². The van der Waals surface area contributed by atoms with Gasteiger partial charge >= 0.3 is 0 Å². The number of benzene rings is 1. The Morgan fingerprint density at radius 3 is 2.50 bits per heavy atom. The number of hydrogen-bond donors (Lipinski definition) is 3. The number of nitrogens with one attached hydrogen (secondary N) is 2. The van der Waals surface area contributed by atoms with Gasteiger partial charge in [-0.25, -0.2) is 4.99 Å². The molecule has 1 aromatic carbocycles. The van der Waals surface area contributed by atoms with Crippen LogP contribution in [-0.2, 0) is 19.4 Å². The summed E-state index contributed by atoms with van der Waals surface area (Å²) in [6, 6.07) is 14.3. The number of aliphatic hydroxyl groups excluding tert-OH is 1. The van der Waals surface area contributed by atoms with Crippen LogP contribution < -0.4 is 10.6 Å². The Bertz CT molecular complexity index is 625. The highest BCUT2D eigenvalue weighted by atomic mass is 32.1. The molecule has 5 heteroatoms. The van der Waals surface area contributed by atoms with Gasteiger partial charge < -0.3 is 15.7 Å². The van der Waals surface area contributed by atoms with Crippen LogP contribution in [0.4, 0.5) is 0 Å². The monoisotopic (exact) mass is 345 g/mol. The molecule has 2 aromatic rings. The Kier molecular flexibility index (Phi) is 7.79. The lowest BCUT2D eigenvalue weighted by Crippen LogP contribution is -2.41. The van der Waals surface area contributed by atoms with Crippen molar-refractivity contribution in [2.75, 3.05) is 13.1 Å². The molecule has 24 heavy (non-hydrogen) atoms. The standard InChI is InChI=1S/C19H27N3OS/c1-3-17-10-11-18(24-17)14-22-19(20-4-2)21-13-16(23)12-15-8-6-5-7-9-15/h5-11,16,23H,3-4,12-14H2,1-2H3,(H2,20,21,22). The Morgan fingerprint density at radius 1 is 1.08 bits per heavy atom. The molecule has 0 bridgehead atoms. The van der Waals surface area contributed by atoms with Crippen molar-refractivity contribution < 1.29 is 5.11 Å². The number of nitrogens with zero attached hydrogens (tertiary/aromatic N) is 1. The smallest absolute Gasteiger partial charge is 0.191 e. The predicted molar refractivity (Wildman–Crippen MR) is 103 cm³/mol. The Labute approximate surface area is 148 Å². The van der Waals surface area contributed by atoms with Gasteiger partial charge in [-0.3, -0.25) is 0 Å². The van der Waals surface area contributed by atoms with Crippen molar-refractivity contribution in [1.29, 1.82) is 0 Å². The van der Waals surface area contributed by atoms with Gasteiger partial charge in [0.15, 0.2) is 5.96 Å². The molecule has 0 aliphatic rings. The minimum Gasteiger partial charge on any atom is -0.391 e. The number of guanidine groups is 1. The van der Waals surface area contributed by atoms with Crippen LogP contribution in [0.25, 0.3) is 0 Å². The van der Waals surface area contributed by atoms with Crippen LogP contribution in [0.5, 0.6) is 0 Å². The lowest BCUT2D eigenvalue weighted by molar-refractivity contribution is 0.177. The van der Waals surface area contributed by atoms with Crippen molar-refractivity contribution >= 4 is 17.3 Å². The molecular weight excluding hydrogens is 318 g/mol. The summed E-state index contributed by atoms with van der Waals surface area (Å²) in [6.45, 7) is 6.14. The highest BCUT2D eigenvalue weighted by Crippen LogP contribution is 2.17. The molecule has 3 N–H and O–H groups in total. The molecule has 2 rings (SSSR count). The van der Waals surface area contributed by atoms with E-state index in [2.05, 4.69) is 34.7 Å². The fourth-order valence-electron chi connectivity index (χ4n) is 2.37. The first kappa shape index (κ1) is 18.5. The van der Waals surface area contributed by atoms with E-state index in [1.807, 2.05) is 48.6 Å². The van der Waals surface area contributed by atoms with Gasteiger partial charge in [-0.05, 0) is 31.0 Å². The minimum absolute atomic E-state index is 0.440. The minimum atomic E-state index is -0.440. The largest absolute Gasteiger partial charge is 0.391 e. The van der Waals surface area contributed by atoms with E-state index >= 15 is 0 Å². The van der Waals surface area contributed by atoms with E-state index in [1.54, 1.807) is 0 Å². The SMILES string of the molecule is CCNC(=NCc1ccc(CC)s1)NCC(O)Cc1ccccc1. The van der Waals surface area contributed by atoms with Gasteiger partial charge in [0.2, 0.25) is 0 Å². The van der Waals surface area contributed by atoms with E-state index in [0.717, 1.165) is 24.5 Å². The van der Waals surface area contributed by atoms with Crippen LogP contribution >= 0.6 is 11.3 Å². The molecule has 0 saturated carbocycles. The highest BCUT2D eigenvalue weighted by molar-refractivity contribution is 7.11. The van der Waals surface area contributed by atoms with E-state index in [1.165, 1.54) is 9.75 Å². The summed E-state index contributed by atoms with van der Waals surface area (Å²) in [5.41, 5.74) is 1.14. The summed E-state index contributed by atoms with van der Waals surface area (Å²) in [7, 11) is 0. The van der Waals surface area contributed by atoms with Gasteiger partial charge in [0.1, 0.15) is 0 Å². The number of rotatable bonds is 8. The van der Waals surface area contributed by atoms with E-state index in [4.69, 9.17) is 0 Å². The molecule has 1 atom stereocenters. The fourth-order valence-corrected chi connectivity index (χ4v) is 3.25. The third kappa shape index (κ3) is 6.34. The van der Waals surface area contributed by atoms with E-state index in [-0.39, 0.29) is 0 Å². The summed E-state index contributed by atoms with van der Waals surface area (Å²) in [4.78, 5) is 7.25. The third-order valence-electron chi connectivity index (χ3n) is 3.62. The molecule has 1 unspecified atom stereocenters. The lowest BCUT2D eigenvalue weighted by Gasteiger charge is -2.15. The summed E-state index contributed by atoms with van der Waals surface area (Å²) >= 11 is 1.81. The normalized spacial score (nSPS) is 12.9. The zero-order valence-corrected chi connectivity index (χ0v) is 15.3. The first-order chi connectivity index (χ1) is 11.7. The number of aliphatic hydroxyl groups is 1. The topological polar surface area (TPSA) is 56.7 Å². The second-order valence-corrected chi connectivity index (χ2v) is 6.89. The molecule has 1 heterocycles. The van der Waals surface area contributed by atoms with Gasteiger partial charge in [-0.15, -0.1) is 11.3 Å². The molecule has 0 saturated heterocycles. The lowest BCUT2D eigenvalue weighted by atomic mass is 10.1. The Balaban J connectivity index is 1.84. The summed E-state index contributed by atoms with van der Waals surface area (Å²) in [5, 5.41) is 16.6. The van der Waals surface area contributed by atoms with Gasteiger partial charge in [0.05, 0.1) is 12.6 Å². The average Bonchev–Trinajstić information content (AvgIpc) is 3.06. The van der Waals surface area contributed by atoms with Crippen molar-refractivity contribution in [3.63, 3.8) is 0 Å². The molecular formula is C19H27N3OS. The quantitative estimate of drug-likeness (QED) is 0.509. The molecule has 0 radical (unpaired) electrons. The maximum absolute atomic E-state index is 10.2. The van der Waals surface area contributed by atoms with Gasteiger partial charge in [0.25, 0.3) is 0 Å². The molecule has 0 amide bonds. The maximum atomic E-state index is 10.2. The first-order valence-corrected chi connectivity index (χ1v) is 9.34. The third-order valence-corrected chi connectivity index (χ3v) is 4.84. The fraction of sp³-hybridized carbons (Fsp3) is 0.421. The molecule has 0 aliphatic carbocycles. The van der Waals surface area contributed by atoms with Crippen LogP contribution in [0.2, 0.25) is 0 Å².